The highest BCUT2D eigenvalue weighted by molar-refractivity contribution is 7.99. The molecule has 9 heteroatoms. The van der Waals surface area contributed by atoms with E-state index in [-0.39, 0.29) is 5.92 Å². The van der Waals surface area contributed by atoms with E-state index in [1.54, 1.807) is 7.11 Å². The summed E-state index contributed by atoms with van der Waals surface area (Å²) in [5, 5.41) is 11.2. The van der Waals surface area contributed by atoms with Crippen molar-refractivity contribution in [1.82, 2.24) is 20.2 Å². The fourth-order valence-corrected chi connectivity index (χ4v) is 4.24. The minimum absolute atomic E-state index is 0.290. The third kappa shape index (κ3) is 6.11. The van der Waals surface area contributed by atoms with Gasteiger partial charge in [0.05, 0.1) is 6.61 Å². The number of hydrogen-bond acceptors (Lipinski definition) is 8. The number of carbonyl (C=O) groups excluding carboxylic acids is 1. The van der Waals surface area contributed by atoms with Crippen LogP contribution in [-0.2, 0) is 16.0 Å². The van der Waals surface area contributed by atoms with Gasteiger partial charge in [-0.05, 0) is 56.1 Å². The molecule has 8 nitrogen and oxygen atoms in total. The molecule has 2 N–H and O–H groups in total. The second-order valence-electron chi connectivity index (χ2n) is 8.44. The van der Waals surface area contributed by atoms with Crippen LogP contribution in [0.1, 0.15) is 29.7 Å². The summed E-state index contributed by atoms with van der Waals surface area (Å²) in [7, 11) is 3.69. The summed E-state index contributed by atoms with van der Waals surface area (Å²) in [5.41, 5.74) is 2.96. The zero-order chi connectivity index (χ0) is 23.4. The Hall–Kier alpha value is -2.91. The summed E-state index contributed by atoms with van der Waals surface area (Å²) in [5.74, 6) is 2.90. The van der Waals surface area contributed by atoms with Crippen LogP contribution in [0.25, 0.3) is 0 Å². The number of likely N-dealkylation sites (N-methyl/N-ethyl adjacent to an activating group) is 1. The molecule has 0 aliphatic heterocycles. The minimum Gasteiger partial charge on any atom is -0.383 e. The Morgan fingerprint density at radius 2 is 2.00 bits per heavy atom. The summed E-state index contributed by atoms with van der Waals surface area (Å²) < 4.78 is 5.24. The first kappa shape index (κ1) is 23.3. The van der Waals surface area contributed by atoms with E-state index in [9.17, 15) is 4.79 Å². The van der Waals surface area contributed by atoms with Gasteiger partial charge in [-0.1, -0.05) is 12.1 Å². The molecule has 0 saturated heterocycles. The Morgan fingerprint density at radius 1 is 1.24 bits per heavy atom. The molecule has 3 aromatic rings. The highest BCUT2D eigenvalue weighted by Gasteiger charge is 2.29. The van der Waals surface area contributed by atoms with Gasteiger partial charge >= 0.3 is 0 Å². The van der Waals surface area contributed by atoms with Crippen LogP contribution in [0.2, 0.25) is 0 Å². The molecule has 0 bridgehead atoms. The normalized spacial score (nSPS) is 13.2. The van der Waals surface area contributed by atoms with Gasteiger partial charge in [-0.2, -0.15) is 5.10 Å². The first-order chi connectivity index (χ1) is 15.9. The van der Waals surface area contributed by atoms with Crippen LogP contribution >= 0.6 is 11.8 Å². The monoisotopic (exact) mass is 466 g/mol. The lowest BCUT2D eigenvalue weighted by Crippen LogP contribution is -2.24. The number of benzene rings is 1. The topological polar surface area (TPSA) is 96.0 Å². The number of carbonyl (C=O) groups is 1. The zero-order valence-corrected chi connectivity index (χ0v) is 20.3. The van der Waals surface area contributed by atoms with Gasteiger partial charge in [-0.3, -0.25) is 9.89 Å². The van der Waals surface area contributed by atoms with E-state index >= 15 is 0 Å². The van der Waals surface area contributed by atoms with Crippen LogP contribution in [0.15, 0.2) is 40.4 Å². The lowest BCUT2D eigenvalue weighted by molar-refractivity contribution is -0.119. The van der Waals surface area contributed by atoms with Gasteiger partial charge in [0.25, 0.3) is 0 Å². The second-order valence-corrected chi connectivity index (χ2v) is 9.48. The molecule has 0 amide bonds. The van der Waals surface area contributed by atoms with Gasteiger partial charge in [-0.25, -0.2) is 9.97 Å². The number of H-pyrrole nitrogens is 1. The van der Waals surface area contributed by atoms with Crippen molar-refractivity contribution >= 4 is 35.0 Å². The predicted octanol–water partition coefficient (Wildman–Crippen LogP) is 4.32. The minimum atomic E-state index is 0.290. The zero-order valence-electron chi connectivity index (χ0n) is 19.5. The van der Waals surface area contributed by atoms with Crippen LogP contribution in [0.3, 0.4) is 0 Å². The molecule has 1 aliphatic carbocycles. The molecular weight excluding hydrogens is 436 g/mol. The van der Waals surface area contributed by atoms with Gasteiger partial charge in [0.15, 0.2) is 11.0 Å². The lowest BCUT2D eigenvalue weighted by Gasteiger charge is -2.22. The van der Waals surface area contributed by atoms with E-state index in [4.69, 9.17) is 14.7 Å². The fraction of sp³-hybridized carbons (Fsp3) is 0.417. The molecule has 4 rings (SSSR count). The number of aryl methyl sites for hydroxylation is 1. The molecular formula is C24H30N6O2S. The van der Waals surface area contributed by atoms with Crippen LogP contribution < -0.4 is 10.2 Å². The van der Waals surface area contributed by atoms with Crippen molar-refractivity contribution in [3.63, 3.8) is 0 Å². The Morgan fingerprint density at radius 3 is 2.64 bits per heavy atom. The standard InChI is InChI=1S/C24H30N6O2S/c1-15-13-21(29-28-15)25-22-16(2)23(30(3)11-12-32-4)27-24(26-22)33-19-9-5-17(6-10-19)14-20(31)18-7-8-18/h5-6,9-10,13,18H,7-8,11-12,14H2,1-4H3,(H2,25,26,27,28,29). The number of rotatable bonds is 11. The van der Waals surface area contributed by atoms with Crippen molar-refractivity contribution in [2.24, 2.45) is 5.92 Å². The van der Waals surface area contributed by atoms with E-state index in [1.807, 2.05) is 51.2 Å². The van der Waals surface area contributed by atoms with E-state index in [1.165, 1.54) is 11.8 Å². The number of aromatic amines is 1. The quantitative estimate of drug-likeness (QED) is 0.404. The fourth-order valence-electron chi connectivity index (χ4n) is 3.49. The molecule has 2 aromatic heterocycles. The third-order valence-corrected chi connectivity index (χ3v) is 6.46. The number of ether oxygens (including phenoxy) is 1. The molecule has 1 aromatic carbocycles. The second kappa shape index (κ2) is 10.4. The highest BCUT2D eigenvalue weighted by Crippen LogP contribution is 2.33. The Balaban J connectivity index is 1.56. The Labute approximate surface area is 198 Å². The summed E-state index contributed by atoms with van der Waals surface area (Å²) >= 11 is 1.49. The first-order valence-electron chi connectivity index (χ1n) is 11.1. The highest BCUT2D eigenvalue weighted by atomic mass is 32.2. The smallest absolute Gasteiger partial charge is 0.196 e. The molecule has 1 saturated carbocycles. The molecule has 0 spiro atoms. The van der Waals surface area contributed by atoms with Crippen molar-refractivity contribution in [3.05, 3.63) is 47.2 Å². The summed E-state index contributed by atoms with van der Waals surface area (Å²) in [4.78, 5) is 24.8. The molecule has 0 unspecified atom stereocenters. The molecule has 1 aliphatic rings. The van der Waals surface area contributed by atoms with Gasteiger partial charge in [-0.15, -0.1) is 0 Å². The number of aromatic nitrogens is 4. The van der Waals surface area contributed by atoms with Crippen molar-refractivity contribution < 1.29 is 9.53 Å². The summed E-state index contributed by atoms with van der Waals surface area (Å²) in [6.07, 6.45) is 2.61. The number of nitrogens with one attached hydrogen (secondary N) is 2. The Bertz CT molecular complexity index is 1110. The summed E-state index contributed by atoms with van der Waals surface area (Å²) in [6.45, 7) is 5.27. The first-order valence-corrected chi connectivity index (χ1v) is 11.9. The maximum atomic E-state index is 12.1. The van der Waals surface area contributed by atoms with Gasteiger partial charge in [0.1, 0.15) is 17.4 Å². The Kier molecular flexibility index (Phi) is 7.29. The van der Waals surface area contributed by atoms with Crippen LogP contribution in [0.4, 0.5) is 17.5 Å². The summed E-state index contributed by atoms with van der Waals surface area (Å²) in [6, 6.07) is 10.0. The largest absolute Gasteiger partial charge is 0.383 e. The SMILES string of the molecule is COCCN(C)c1nc(Sc2ccc(CC(=O)C3CC3)cc2)nc(Nc2cc(C)[nH]n2)c1C. The van der Waals surface area contributed by atoms with Gasteiger partial charge < -0.3 is 15.0 Å². The van der Waals surface area contributed by atoms with E-state index in [2.05, 4.69) is 20.4 Å². The average molecular weight is 467 g/mol. The number of Topliss-reactive ketones (excluding diaryl/α,β-unsaturated/α-hetero) is 1. The van der Waals surface area contributed by atoms with E-state index in [0.29, 0.717) is 42.1 Å². The number of hydrogen-bond donors (Lipinski definition) is 2. The van der Waals surface area contributed by atoms with Gasteiger partial charge in [0, 0.05) is 55.3 Å². The van der Waals surface area contributed by atoms with Crippen LogP contribution in [-0.4, -0.2) is 53.3 Å². The average Bonchev–Trinajstić information content (AvgIpc) is 3.58. The van der Waals surface area contributed by atoms with Crippen LogP contribution in [0, 0.1) is 19.8 Å². The number of ketones is 1. The molecule has 33 heavy (non-hydrogen) atoms. The maximum absolute atomic E-state index is 12.1. The maximum Gasteiger partial charge on any atom is 0.196 e. The molecule has 2 heterocycles. The van der Waals surface area contributed by atoms with Crippen molar-refractivity contribution in [1.29, 1.82) is 0 Å². The molecule has 0 radical (unpaired) electrons. The number of anilines is 3. The van der Waals surface area contributed by atoms with E-state index < -0.39 is 0 Å². The number of methoxy groups -OCH3 is 1. The van der Waals surface area contributed by atoms with Crippen molar-refractivity contribution in [3.8, 4) is 0 Å². The van der Waals surface area contributed by atoms with E-state index in [0.717, 1.165) is 40.4 Å². The van der Waals surface area contributed by atoms with Gasteiger partial charge in [0.2, 0.25) is 0 Å². The molecule has 1 fully saturated rings. The molecule has 174 valence electrons. The van der Waals surface area contributed by atoms with Crippen LogP contribution in [0.5, 0.6) is 0 Å². The molecule has 0 atom stereocenters. The van der Waals surface area contributed by atoms with Crippen molar-refractivity contribution in [2.75, 3.05) is 37.5 Å². The van der Waals surface area contributed by atoms with Crippen molar-refractivity contribution in [2.45, 2.75) is 43.2 Å². The predicted molar refractivity (Wildman–Crippen MR) is 131 cm³/mol. The lowest BCUT2D eigenvalue weighted by atomic mass is 10.1. The number of nitrogens with zero attached hydrogens (tertiary/aromatic N) is 4. The third-order valence-electron chi connectivity index (χ3n) is 5.59.